The molecule has 0 spiro atoms. The van der Waals surface area contributed by atoms with Crippen molar-refractivity contribution in [3.63, 3.8) is 0 Å². The van der Waals surface area contributed by atoms with Gasteiger partial charge < -0.3 is 15.2 Å². The second kappa shape index (κ2) is 6.47. The zero-order valence-corrected chi connectivity index (χ0v) is 11.9. The van der Waals surface area contributed by atoms with Gasteiger partial charge >= 0.3 is 12.1 Å². The molecule has 0 aliphatic heterocycles. The minimum Gasteiger partial charge on any atom is -0.481 e. The molecule has 0 heterocycles. The summed E-state index contributed by atoms with van der Waals surface area (Å²) in [6, 6.07) is -0.960. The van der Waals surface area contributed by atoms with Crippen LogP contribution in [0.3, 0.4) is 0 Å². The van der Waals surface area contributed by atoms with Gasteiger partial charge in [-0.1, -0.05) is 5.11 Å². The molecule has 1 aliphatic carbocycles. The summed E-state index contributed by atoms with van der Waals surface area (Å²) in [6.45, 7) is 5.20. The second-order valence-electron chi connectivity index (χ2n) is 5.87. The highest BCUT2D eigenvalue weighted by Crippen LogP contribution is 2.27. The third-order valence-electron chi connectivity index (χ3n) is 3.07. The highest BCUT2D eigenvalue weighted by Gasteiger charge is 2.35. The maximum Gasteiger partial charge on any atom is 0.407 e. The molecule has 3 atom stereocenters. The van der Waals surface area contributed by atoms with Gasteiger partial charge in [-0.05, 0) is 45.6 Å². The van der Waals surface area contributed by atoms with Gasteiger partial charge in [0.05, 0.1) is 12.0 Å². The van der Waals surface area contributed by atoms with Crippen molar-refractivity contribution < 1.29 is 19.4 Å². The van der Waals surface area contributed by atoms with E-state index in [-0.39, 0.29) is 6.42 Å². The Morgan fingerprint density at radius 3 is 2.55 bits per heavy atom. The fourth-order valence-corrected chi connectivity index (χ4v) is 2.20. The quantitative estimate of drug-likeness (QED) is 0.469. The van der Waals surface area contributed by atoms with Gasteiger partial charge in [0.25, 0.3) is 0 Å². The van der Waals surface area contributed by atoms with Crippen LogP contribution in [0, 0.1) is 5.92 Å². The van der Waals surface area contributed by atoms with Crippen LogP contribution in [0.1, 0.15) is 40.0 Å². The Labute approximate surface area is 117 Å². The number of nitrogens with zero attached hydrogens (tertiary/aromatic N) is 3. The summed E-state index contributed by atoms with van der Waals surface area (Å²) in [5.41, 5.74) is 7.89. The van der Waals surface area contributed by atoms with Crippen molar-refractivity contribution in [2.24, 2.45) is 11.0 Å². The summed E-state index contributed by atoms with van der Waals surface area (Å²) < 4.78 is 5.13. The standard InChI is InChI=1S/C12H20N4O4/c1-12(2,3)20-11(19)14-9-6-7(10(17)18)4-5-8(9)15-16-13/h7-9H,4-6H2,1-3H3,(H,14,19)(H,17,18)/t7-,8-,9+/m1/s1. The van der Waals surface area contributed by atoms with Crippen molar-refractivity contribution in [2.45, 2.75) is 57.7 Å². The van der Waals surface area contributed by atoms with E-state index < -0.39 is 35.7 Å². The number of carboxylic acids is 1. The Morgan fingerprint density at radius 1 is 1.40 bits per heavy atom. The molecule has 0 saturated heterocycles. The van der Waals surface area contributed by atoms with E-state index in [9.17, 15) is 9.59 Å². The molecule has 8 heteroatoms. The van der Waals surface area contributed by atoms with Gasteiger partial charge in [0.1, 0.15) is 5.60 Å². The predicted octanol–water partition coefficient (Wildman–Crippen LogP) is 2.44. The minimum atomic E-state index is -0.902. The number of ether oxygens (including phenoxy) is 1. The molecule has 1 fully saturated rings. The van der Waals surface area contributed by atoms with Gasteiger partial charge in [-0.3, -0.25) is 4.79 Å². The summed E-state index contributed by atoms with van der Waals surface area (Å²) >= 11 is 0. The number of rotatable bonds is 3. The first-order valence-electron chi connectivity index (χ1n) is 6.49. The summed E-state index contributed by atoms with van der Waals surface area (Å²) in [7, 11) is 0. The van der Waals surface area contributed by atoms with Gasteiger partial charge in [0.2, 0.25) is 0 Å². The number of azide groups is 1. The molecule has 0 bridgehead atoms. The van der Waals surface area contributed by atoms with Crippen molar-refractivity contribution in [3.8, 4) is 0 Å². The molecular weight excluding hydrogens is 264 g/mol. The largest absolute Gasteiger partial charge is 0.481 e. The van der Waals surface area contributed by atoms with Crippen LogP contribution in [-0.2, 0) is 9.53 Å². The SMILES string of the molecule is CC(C)(C)OC(=O)N[C@H]1C[C@H](C(=O)O)CC[C@H]1N=[N+]=[N-]. The average molecular weight is 284 g/mol. The number of carbonyl (C=O) groups excluding carboxylic acids is 1. The number of aliphatic carboxylic acids is 1. The Balaban J connectivity index is 2.71. The van der Waals surface area contributed by atoms with Crippen LogP contribution in [0.25, 0.3) is 10.4 Å². The second-order valence-corrected chi connectivity index (χ2v) is 5.87. The maximum atomic E-state index is 11.7. The molecule has 0 unspecified atom stereocenters. The molecule has 0 radical (unpaired) electrons. The molecule has 0 aromatic rings. The first-order chi connectivity index (χ1) is 9.23. The Morgan fingerprint density at radius 2 is 2.05 bits per heavy atom. The van der Waals surface area contributed by atoms with Crippen LogP contribution in [0.4, 0.5) is 4.79 Å². The zero-order valence-electron chi connectivity index (χ0n) is 11.9. The van der Waals surface area contributed by atoms with Crippen molar-refractivity contribution in [3.05, 3.63) is 10.4 Å². The smallest absolute Gasteiger partial charge is 0.407 e. The lowest BCUT2D eigenvalue weighted by Gasteiger charge is -2.33. The number of carbonyl (C=O) groups is 2. The van der Waals surface area contributed by atoms with Gasteiger partial charge in [-0.2, -0.15) is 0 Å². The lowest BCUT2D eigenvalue weighted by molar-refractivity contribution is -0.143. The van der Waals surface area contributed by atoms with E-state index in [4.69, 9.17) is 15.4 Å². The van der Waals surface area contributed by atoms with Crippen LogP contribution in [0.5, 0.6) is 0 Å². The van der Waals surface area contributed by atoms with E-state index in [0.29, 0.717) is 12.8 Å². The molecule has 0 aromatic carbocycles. The fourth-order valence-electron chi connectivity index (χ4n) is 2.20. The van der Waals surface area contributed by atoms with E-state index in [1.54, 1.807) is 20.8 Å². The third kappa shape index (κ3) is 4.97. The number of amides is 1. The normalized spacial score (nSPS) is 26.2. The highest BCUT2D eigenvalue weighted by molar-refractivity contribution is 5.71. The molecule has 8 nitrogen and oxygen atoms in total. The summed E-state index contributed by atoms with van der Waals surface area (Å²) in [5.74, 6) is -1.44. The summed E-state index contributed by atoms with van der Waals surface area (Å²) in [5, 5.41) is 15.3. The Hall–Kier alpha value is -1.95. The molecule has 2 N–H and O–H groups in total. The van der Waals surface area contributed by atoms with E-state index in [0.717, 1.165) is 0 Å². The molecule has 1 saturated carbocycles. The number of nitrogens with one attached hydrogen (secondary N) is 1. The summed E-state index contributed by atoms with van der Waals surface area (Å²) in [6.07, 6.45) is 0.470. The van der Waals surface area contributed by atoms with Gasteiger partial charge in [0, 0.05) is 11.0 Å². The molecule has 1 amide bonds. The van der Waals surface area contributed by atoms with Crippen LogP contribution in [0.15, 0.2) is 5.11 Å². The molecule has 1 rings (SSSR count). The van der Waals surface area contributed by atoms with Gasteiger partial charge in [-0.15, -0.1) is 0 Å². The van der Waals surface area contributed by atoms with E-state index in [1.807, 2.05) is 0 Å². The van der Waals surface area contributed by atoms with E-state index in [2.05, 4.69) is 15.3 Å². The number of hydrogen-bond donors (Lipinski definition) is 2. The third-order valence-corrected chi connectivity index (χ3v) is 3.07. The van der Waals surface area contributed by atoms with Crippen molar-refractivity contribution in [1.82, 2.24) is 5.32 Å². The van der Waals surface area contributed by atoms with Crippen LogP contribution in [-0.4, -0.2) is 34.9 Å². The minimum absolute atomic E-state index is 0.234. The Bertz CT molecular complexity index is 426. The van der Waals surface area contributed by atoms with Gasteiger partial charge in [0.15, 0.2) is 0 Å². The van der Waals surface area contributed by atoms with Crippen LogP contribution >= 0.6 is 0 Å². The first-order valence-corrected chi connectivity index (χ1v) is 6.49. The molecule has 0 aromatic heterocycles. The average Bonchev–Trinajstić information content (AvgIpc) is 2.28. The van der Waals surface area contributed by atoms with Gasteiger partial charge in [-0.25, -0.2) is 4.79 Å². The number of hydrogen-bond acceptors (Lipinski definition) is 4. The summed E-state index contributed by atoms with van der Waals surface area (Å²) in [4.78, 5) is 25.5. The lowest BCUT2D eigenvalue weighted by Crippen LogP contribution is -2.48. The Kier molecular flexibility index (Phi) is 5.21. The predicted molar refractivity (Wildman–Crippen MR) is 71.1 cm³/mol. The van der Waals surface area contributed by atoms with E-state index >= 15 is 0 Å². The molecular formula is C12H20N4O4. The monoisotopic (exact) mass is 284 g/mol. The van der Waals surface area contributed by atoms with Crippen LogP contribution in [0.2, 0.25) is 0 Å². The highest BCUT2D eigenvalue weighted by atomic mass is 16.6. The van der Waals surface area contributed by atoms with Crippen molar-refractivity contribution >= 4 is 12.1 Å². The number of alkyl carbamates (subject to hydrolysis) is 1. The molecule has 20 heavy (non-hydrogen) atoms. The lowest BCUT2D eigenvalue weighted by atomic mass is 9.83. The van der Waals surface area contributed by atoms with Crippen molar-refractivity contribution in [2.75, 3.05) is 0 Å². The van der Waals surface area contributed by atoms with Crippen molar-refractivity contribution in [1.29, 1.82) is 0 Å². The first kappa shape index (κ1) is 16.1. The maximum absolute atomic E-state index is 11.7. The zero-order chi connectivity index (χ0) is 15.3. The number of carboxylic acid groups (broad SMARTS) is 1. The van der Waals surface area contributed by atoms with Crippen LogP contribution < -0.4 is 5.32 Å². The molecule has 112 valence electrons. The van der Waals surface area contributed by atoms with E-state index in [1.165, 1.54) is 0 Å². The molecule has 1 aliphatic rings. The topological polar surface area (TPSA) is 124 Å². The fraction of sp³-hybridized carbons (Fsp3) is 0.833.